The minimum Gasteiger partial charge on any atom is -0.340 e. The Morgan fingerprint density at radius 1 is 1.13 bits per heavy atom. The molecule has 1 fully saturated rings. The lowest BCUT2D eigenvalue weighted by Gasteiger charge is -2.36. The number of hydrogen-bond acceptors (Lipinski definition) is 2. The van der Waals surface area contributed by atoms with Gasteiger partial charge in [0.15, 0.2) is 0 Å². The molecule has 1 aliphatic heterocycles. The van der Waals surface area contributed by atoms with Gasteiger partial charge >= 0.3 is 0 Å². The van der Waals surface area contributed by atoms with E-state index in [1.807, 2.05) is 11.8 Å². The van der Waals surface area contributed by atoms with Gasteiger partial charge in [0, 0.05) is 23.9 Å². The van der Waals surface area contributed by atoms with Gasteiger partial charge in [-0.3, -0.25) is 4.79 Å². The zero-order valence-electron chi connectivity index (χ0n) is 14.5. The highest BCUT2D eigenvalue weighted by atomic mass is 32.2. The number of thioether (sulfide) groups is 1. The zero-order valence-corrected chi connectivity index (χ0v) is 15.3. The van der Waals surface area contributed by atoms with Gasteiger partial charge in [-0.05, 0) is 43.6 Å². The van der Waals surface area contributed by atoms with Gasteiger partial charge in [0.25, 0.3) is 0 Å². The predicted molar refractivity (Wildman–Crippen MR) is 99.9 cm³/mol. The van der Waals surface area contributed by atoms with Crippen molar-refractivity contribution in [2.45, 2.75) is 75.6 Å². The smallest absolute Gasteiger partial charge is 0.222 e. The first kappa shape index (κ1) is 18.4. The van der Waals surface area contributed by atoms with Gasteiger partial charge in [-0.15, -0.1) is 11.8 Å². The highest BCUT2D eigenvalue weighted by Crippen LogP contribution is 2.24. The van der Waals surface area contributed by atoms with Crippen LogP contribution in [0.15, 0.2) is 35.2 Å². The molecule has 0 aromatic heterocycles. The normalized spacial score (nSPS) is 18.4. The number of piperidine rings is 1. The Bertz CT molecular complexity index is 448. The average molecular weight is 334 g/mol. The Kier molecular flexibility index (Phi) is 8.59. The third-order valence-corrected chi connectivity index (χ3v) is 5.73. The van der Waals surface area contributed by atoms with Crippen LogP contribution in [0.3, 0.4) is 0 Å². The number of amides is 1. The molecule has 3 heteroatoms. The minimum atomic E-state index is 0.390. The molecule has 1 amide bonds. The zero-order chi connectivity index (χ0) is 16.3. The highest BCUT2D eigenvalue weighted by Gasteiger charge is 2.26. The van der Waals surface area contributed by atoms with Crippen LogP contribution in [0.4, 0.5) is 0 Å². The van der Waals surface area contributed by atoms with Gasteiger partial charge in [0.2, 0.25) is 5.91 Å². The molecule has 0 spiro atoms. The molecule has 2 nitrogen and oxygen atoms in total. The number of carbonyl (C=O) groups is 1. The van der Waals surface area contributed by atoms with E-state index in [1.165, 1.54) is 43.4 Å². The molecular weight excluding hydrogens is 302 g/mol. The van der Waals surface area contributed by atoms with Crippen LogP contribution in [0.2, 0.25) is 0 Å². The van der Waals surface area contributed by atoms with Gasteiger partial charge in [-0.25, -0.2) is 0 Å². The fourth-order valence-corrected chi connectivity index (χ4v) is 4.21. The molecular formula is C20H31NOS. The summed E-state index contributed by atoms with van der Waals surface area (Å²) in [6.07, 6.45) is 10.6. The van der Waals surface area contributed by atoms with Gasteiger partial charge in [-0.1, -0.05) is 50.8 Å². The topological polar surface area (TPSA) is 20.3 Å². The standard InChI is InChI=1S/C20H31NOS/c1-2-3-4-6-11-18-12-9-15-20(22)21(18)16-10-17-23-19-13-7-5-8-14-19/h5,7-8,13-14,18H,2-4,6,9-12,15-17H2,1H3. The number of benzene rings is 1. The van der Waals surface area contributed by atoms with Crippen molar-refractivity contribution in [3.05, 3.63) is 30.3 Å². The van der Waals surface area contributed by atoms with Crippen molar-refractivity contribution in [3.63, 3.8) is 0 Å². The Labute approximate surface area is 146 Å². The summed E-state index contributed by atoms with van der Waals surface area (Å²) in [4.78, 5) is 15.8. The monoisotopic (exact) mass is 333 g/mol. The Morgan fingerprint density at radius 2 is 1.96 bits per heavy atom. The molecule has 23 heavy (non-hydrogen) atoms. The van der Waals surface area contributed by atoms with E-state index in [2.05, 4.69) is 42.2 Å². The second kappa shape index (κ2) is 10.7. The summed E-state index contributed by atoms with van der Waals surface area (Å²) < 4.78 is 0. The number of rotatable bonds is 10. The molecule has 1 atom stereocenters. The molecule has 0 saturated carbocycles. The Morgan fingerprint density at radius 3 is 2.74 bits per heavy atom. The van der Waals surface area contributed by atoms with Crippen LogP contribution >= 0.6 is 11.8 Å². The first-order chi connectivity index (χ1) is 11.3. The third kappa shape index (κ3) is 6.58. The summed E-state index contributed by atoms with van der Waals surface area (Å²) in [5.74, 6) is 1.48. The number of unbranched alkanes of at least 4 members (excludes halogenated alkanes) is 3. The van der Waals surface area contributed by atoms with Gasteiger partial charge in [0.1, 0.15) is 0 Å². The van der Waals surface area contributed by atoms with Gasteiger partial charge in [0.05, 0.1) is 0 Å². The molecule has 128 valence electrons. The molecule has 0 aliphatic carbocycles. The van der Waals surface area contributed by atoms with Crippen LogP contribution in [0, 0.1) is 0 Å². The lowest BCUT2D eigenvalue weighted by molar-refractivity contribution is -0.136. The summed E-state index contributed by atoms with van der Waals surface area (Å²) in [6.45, 7) is 3.19. The quantitative estimate of drug-likeness (QED) is 0.415. The van der Waals surface area contributed by atoms with E-state index in [9.17, 15) is 4.79 Å². The molecule has 1 heterocycles. The van der Waals surface area contributed by atoms with Crippen molar-refractivity contribution in [1.29, 1.82) is 0 Å². The van der Waals surface area contributed by atoms with Gasteiger partial charge < -0.3 is 4.90 Å². The summed E-state index contributed by atoms with van der Waals surface area (Å²) in [7, 11) is 0. The molecule has 1 saturated heterocycles. The van der Waals surface area contributed by atoms with E-state index < -0.39 is 0 Å². The lowest BCUT2D eigenvalue weighted by Crippen LogP contribution is -2.44. The van der Waals surface area contributed by atoms with Gasteiger partial charge in [-0.2, -0.15) is 0 Å². The summed E-state index contributed by atoms with van der Waals surface area (Å²) in [6, 6.07) is 11.1. The van der Waals surface area contributed by atoms with Crippen LogP contribution in [0.25, 0.3) is 0 Å². The third-order valence-electron chi connectivity index (χ3n) is 4.64. The van der Waals surface area contributed by atoms with Crippen LogP contribution in [0.1, 0.15) is 64.7 Å². The van der Waals surface area contributed by atoms with Crippen molar-refractivity contribution >= 4 is 17.7 Å². The predicted octanol–water partition coefficient (Wildman–Crippen LogP) is 5.52. The van der Waals surface area contributed by atoms with E-state index in [0.29, 0.717) is 11.9 Å². The first-order valence-electron chi connectivity index (χ1n) is 9.28. The number of likely N-dealkylation sites (tertiary alicyclic amines) is 1. The Balaban J connectivity index is 1.71. The van der Waals surface area contributed by atoms with Crippen LogP contribution < -0.4 is 0 Å². The molecule has 0 N–H and O–H groups in total. The molecule has 1 aromatic carbocycles. The number of hydrogen-bond donors (Lipinski definition) is 0. The highest BCUT2D eigenvalue weighted by molar-refractivity contribution is 7.99. The maximum atomic E-state index is 12.3. The largest absolute Gasteiger partial charge is 0.340 e. The molecule has 0 bridgehead atoms. The van der Waals surface area contributed by atoms with E-state index >= 15 is 0 Å². The SMILES string of the molecule is CCCCCCC1CCCC(=O)N1CCCSc1ccccc1. The second-order valence-electron chi connectivity index (χ2n) is 6.50. The van der Waals surface area contributed by atoms with Crippen LogP contribution in [-0.4, -0.2) is 29.1 Å². The van der Waals surface area contributed by atoms with E-state index in [1.54, 1.807) is 0 Å². The summed E-state index contributed by atoms with van der Waals surface area (Å²) >= 11 is 1.90. The fraction of sp³-hybridized carbons (Fsp3) is 0.650. The molecule has 1 aliphatic rings. The number of nitrogens with zero attached hydrogens (tertiary/aromatic N) is 1. The maximum Gasteiger partial charge on any atom is 0.222 e. The fourth-order valence-electron chi connectivity index (χ4n) is 3.35. The van der Waals surface area contributed by atoms with Crippen molar-refractivity contribution < 1.29 is 4.79 Å². The summed E-state index contributed by atoms with van der Waals surface area (Å²) in [5, 5.41) is 0. The first-order valence-corrected chi connectivity index (χ1v) is 10.3. The summed E-state index contributed by atoms with van der Waals surface area (Å²) in [5.41, 5.74) is 0. The Hall–Kier alpha value is -0.960. The van der Waals surface area contributed by atoms with E-state index in [0.717, 1.165) is 31.6 Å². The van der Waals surface area contributed by atoms with E-state index in [4.69, 9.17) is 0 Å². The van der Waals surface area contributed by atoms with Crippen molar-refractivity contribution in [3.8, 4) is 0 Å². The number of carbonyl (C=O) groups excluding carboxylic acids is 1. The van der Waals surface area contributed by atoms with E-state index in [-0.39, 0.29) is 0 Å². The van der Waals surface area contributed by atoms with Crippen molar-refractivity contribution in [2.24, 2.45) is 0 Å². The molecule has 0 radical (unpaired) electrons. The molecule has 1 aromatic rings. The van der Waals surface area contributed by atoms with Crippen LogP contribution in [-0.2, 0) is 4.79 Å². The van der Waals surface area contributed by atoms with Crippen molar-refractivity contribution in [1.82, 2.24) is 4.90 Å². The lowest BCUT2D eigenvalue weighted by atomic mass is 9.96. The maximum absolute atomic E-state index is 12.3. The average Bonchev–Trinajstić information content (AvgIpc) is 2.58. The molecule has 1 unspecified atom stereocenters. The second-order valence-corrected chi connectivity index (χ2v) is 7.67. The van der Waals surface area contributed by atoms with Crippen molar-refractivity contribution in [2.75, 3.05) is 12.3 Å². The minimum absolute atomic E-state index is 0.390. The molecule has 2 rings (SSSR count). The van der Waals surface area contributed by atoms with Crippen LogP contribution in [0.5, 0.6) is 0 Å².